The molecule has 0 saturated carbocycles. The van der Waals surface area contributed by atoms with Crippen LogP contribution in [0.2, 0.25) is 0 Å². The fraction of sp³-hybridized carbons (Fsp3) is 0.467. The largest absolute Gasteiger partial charge is 0.370 e. The molecule has 2 aromatic rings. The van der Waals surface area contributed by atoms with E-state index in [1.807, 2.05) is 11.7 Å². The molecule has 1 N–H and O–H groups in total. The standard InChI is InChI=1S/C15H21N5/c1-19-15(17-12-18-19)7-9-16-13-8-10-20(11-13)14-5-3-2-4-6-14/h2-6,12-13,16H,7-11H2,1H3/t13-/m0/s1. The molecule has 1 atom stereocenters. The minimum absolute atomic E-state index is 0.573. The van der Waals surface area contributed by atoms with Crippen molar-refractivity contribution in [3.8, 4) is 0 Å². The molecule has 0 aliphatic carbocycles. The van der Waals surface area contributed by atoms with E-state index in [1.54, 1.807) is 6.33 Å². The second-order valence-corrected chi connectivity index (χ2v) is 5.27. The number of hydrogen-bond donors (Lipinski definition) is 1. The van der Waals surface area contributed by atoms with Crippen LogP contribution in [0.4, 0.5) is 5.69 Å². The van der Waals surface area contributed by atoms with E-state index in [2.05, 4.69) is 50.6 Å². The van der Waals surface area contributed by atoms with Gasteiger partial charge in [0.2, 0.25) is 0 Å². The van der Waals surface area contributed by atoms with Crippen LogP contribution in [0.25, 0.3) is 0 Å². The summed E-state index contributed by atoms with van der Waals surface area (Å²) in [6.45, 7) is 3.17. The van der Waals surface area contributed by atoms with Gasteiger partial charge in [-0.3, -0.25) is 4.68 Å². The molecule has 1 aliphatic heterocycles. The average Bonchev–Trinajstić information content (AvgIpc) is 3.10. The molecule has 0 bridgehead atoms. The van der Waals surface area contributed by atoms with E-state index >= 15 is 0 Å². The van der Waals surface area contributed by atoms with Gasteiger partial charge in [0.25, 0.3) is 0 Å². The molecule has 1 aromatic carbocycles. The van der Waals surface area contributed by atoms with Crippen LogP contribution in [0, 0.1) is 0 Å². The maximum Gasteiger partial charge on any atom is 0.138 e. The molecule has 2 heterocycles. The normalized spacial score (nSPS) is 18.6. The minimum Gasteiger partial charge on any atom is -0.370 e. The van der Waals surface area contributed by atoms with Crippen molar-refractivity contribution in [3.63, 3.8) is 0 Å². The van der Waals surface area contributed by atoms with E-state index < -0.39 is 0 Å². The van der Waals surface area contributed by atoms with Gasteiger partial charge in [0.05, 0.1) is 0 Å². The molecule has 20 heavy (non-hydrogen) atoms. The Labute approximate surface area is 119 Å². The molecule has 1 fully saturated rings. The van der Waals surface area contributed by atoms with Gasteiger partial charge in [-0.05, 0) is 18.6 Å². The minimum atomic E-state index is 0.573. The zero-order valence-corrected chi connectivity index (χ0v) is 11.9. The Morgan fingerprint density at radius 3 is 2.90 bits per heavy atom. The summed E-state index contributed by atoms with van der Waals surface area (Å²) in [5.41, 5.74) is 1.32. The monoisotopic (exact) mass is 271 g/mol. The lowest BCUT2D eigenvalue weighted by Crippen LogP contribution is -2.34. The molecule has 1 saturated heterocycles. The third-order valence-electron chi connectivity index (χ3n) is 3.90. The van der Waals surface area contributed by atoms with Crippen molar-refractivity contribution < 1.29 is 0 Å². The molecule has 3 rings (SSSR count). The quantitative estimate of drug-likeness (QED) is 0.888. The highest BCUT2D eigenvalue weighted by atomic mass is 15.3. The molecule has 5 nitrogen and oxygen atoms in total. The smallest absolute Gasteiger partial charge is 0.138 e. The first-order valence-electron chi connectivity index (χ1n) is 7.19. The predicted octanol–water partition coefficient (Wildman–Crippen LogP) is 1.23. The van der Waals surface area contributed by atoms with Crippen LogP contribution in [0.1, 0.15) is 12.2 Å². The van der Waals surface area contributed by atoms with Crippen molar-refractivity contribution >= 4 is 5.69 Å². The van der Waals surface area contributed by atoms with Gasteiger partial charge in [-0.1, -0.05) is 18.2 Å². The summed E-state index contributed by atoms with van der Waals surface area (Å²) in [7, 11) is 1.94. The Hall–Kier alpha value is -1.88. The number of aryl methyl sites for hydroxylation is 1. The summed E-state index contributed by atoms with van der Waals surface area (Å²) in [4.78, 5) is 6.69. The van der Waals surface area contributed by atoms with Gasteiger partial charge >= 0.3 is 0 Å². The van der Waals surface area contributed by atoms with Crippen molar-refractivity contribution in [2.45, 2.75) is 18.9 Å². The second-order valence-electron chi connectivity index (χ2n) is 5.27. The van der Waals surface area contributed by atoms with Crippen LogP contribution in [0.5, 0.6) is 0 Å². The zero-order chi connectivity index (χ0) is 13.8. The molecule has 1 aromatic heterocycles. The Morgan fingerprint density at radius 2 is 2.15 bits per heavy atom. The first kappa shape index (κ1) is 13.1. The molecule has 1 aliphatic rings. The van der Waals surface area contributed by atoms with Crippen molar-refractivity contribution in [1.29, 1.82) is 0 Å². The Bertz CT molecular complexity index is 536. The van der Waals surface area contributed by atoms with Crippen molar-refractivity contribution in [3.05, 3.63) is 42.5 Å². The average molecular weight is 271 g/mol. The number of anilines is 1. The van der Waals surface area contributed by atoms with E-state index in [-0.39, 0.29) is 0 Å². The third-order valence-corrected chi connectivity index (χ3v) is 3.90. The number of nitrogens with zero attached hydrogens (tertiary/aromatic N) is 4. The van der Waals surface area contributed by atoms with E-state index in [4.69, 9.17) is 0 Å². The number of para-hydroxylation sites is 1. The maximum atomic E-state index is 4.24. The molecular weight excluding hydrogens is 250 g/mol. The second kappa shape index (κ2) is 6.05. The topological polar surface area (TPSA) is 46.0 Å². The van der Waals surface area contributed by atoms with Crippen LogP contribution in [0.15, 0.2) is 36.7 Å². The SMILES string of the molecule is Cn1ncnc1CCN[C@H]1CCN(c2ccccc2)C1. The first-order chi connectivity index (χ1) is 9.83. The molecular formula is C15H21N5. The van der Waals surface area contributed by atoms with E-state index in [0.717, 1.165) is 31.9 Å². The lowest BCUT2D eigenvalue weighted by molar-refractivity contribution is 0.541. The molecule has 0 radical (unpaired) electrons. The van der Waals surface area contributed by atoms with Crippen LogP contribution >= 0.6 is 0 Å². The fourth-order valence-corrected chi connectivity index (χ4v) is 2.73. The summed E-state index contributed by atoms with van der Waals surface area (Å²) in [5.74, 6) is 1.04. The van der Waals surface area contributed by atoms with Gasteiger partial charge in [-0.2, -0.15) is 5.10 Å². The Balaban J connectivity index is 1.45. The number of nitrogens with one attached hydrogen (secondary N) is 1. The molecule has 5 heteroatoms. The van der Waals surface area contributed by atoms with Crippen LogP contribution in [0.3, 0.4) is 0 Å². The van der Waals surface area contributed by atoms with Crippen LogP contribution < -0.4 is 10.2 Å². The Morgan fingerprint density at radius 1 is 1.30 bits per heavy atom. The lowest BCUT2D eigenvalue weighted by Gasteiger charge is -2.18. The highest BCUT2D eigenvalue weighted by molar-refractivity contribution is 5.47. The first-order valence-corrected chi connectivity index (χ1v) is 7.19. The summed E-state index contributed by atoms with van der Waals surface area (Å²) < 4.78 is 1.84. The van der Waals surface area contributed by atoms with Gasteiger partial charge < -0.3 is 10.2 Å². The molecule has 0 amide bonds. The van der Waals surface area contributed by atoms with Gasteiger partial charge in [0.1, 0.15) is 12.2 Å². The van der Waals surface area contributed by atoms with Crippen molar-refractivity contribution in [1.82, 2.24) is 20.1 Å². The van der Waals surface area contributed by atoms with Crippen LogP contribution in [-0.2, 0) is 13.5 Å². The van der Waals surface area contributed by atoms with Gasteiger partial charge in [0.15, 0.2) is 0 Å². The fourth-order valence-electron chi connectivity index (χ4n) is 2.73. The number of rotatable bonds is 5. The van der Waals surface area contributed by atoms with E-state index in [1.165, 1.54) is 12.1 Å². The third kappa shape index (κ3) is 2.99. The molecule has 0 unspecified atom stereocenters. The predicted molar refractivity (Wildman–Crippen MR) is 79.8 cm³/mol. The van der Waals surface area contributed by atoms with Crippen molar-refractivity contribution in [2.75, 3.05) is 24.5 Å². The van der Waals surface area contributed by atoms with Gasteiger partial charge in [-0.25, -0.2) is 4.98 Å². The van der Waals surface area contributed by atoms with E-state index in [9.17, 15) is 0 Å². The van der Waals surface area contributed by atoms with Crippen molar-refractivity contribution in [2.24, 2.45) is 7.05 Å². The number of hydrogen-bond acceptors (Lipinski definition) is 4. The summed E-state index contributed by atoms with van der Waals surface area (Å²) in [6.07, 6.45) is 3.74. The number of benzene rings is 1. The Kier molecular flexibility index (Phi) is 3.97. The summed E-state index contributed by atoms with van der Waals surface area (Å²) in [6, 6.07) is 11.2. The summed E-state index contributed by atoms with van der Waals surface area (Å²) >= 11 is 0. The molecule has 0 spiro atoms. The maximum absolute atomic E-state index is 4.24. The molecule has 106 valence electrons. The zero-order valence-electron chi connectivity index (χ0n) is 11.9. The summed E-state index contributed by atoms with van der Waals surface area (Å²) in [5, 5.41) is 7.71. The van der Waals surface area contributed by atoms with Gasteiger partial charge in [0, 0.05) is 44.8 Å². The highest BCUT2D eigenvalue weighted by Crippen LogP contribution is 2.19. The lowest BCUT2D eigenvalue weighted by atomic mass is 10.2. The number of aromatic nitrogens is 3. The van der Waals surface area contributed by atoms with Gasteiger partial charge in [-0.15, -0.1) is 0 Å². The van der Waals surface area contributed by atoms with Crippen LogP contribution in [-0.4, -0.2) is 40.4 Å². The highest BCUT2D eigenvalue weighted by Gasteiger charge is 2.21. The van der Waals surface area contributed by atoms with E-state index in [0.29, 0.717) is 6.04 Å².